The topological polar surface area (TPSA) is 112 Å². The van der Waals surface area contributed by atoms with Crippen LogP contribution in [0.4, 0.5) is 5.95 Å². The van der Waals surface area contributed by atoms with Crippen molar-refractivity contribution >= 4 is 16.0 Å². The van der Waals surface area contributed by atoms with Crippen LogP contribution in [-0.4, -0.2) is 63.0 Å². The smallest absolute Gasteiger partial charge is 0.240 e. The molecule has 2 fully saturated rings. The Kier molecular flexibility index (Phi) is 6.22. The van der Waals surface area contributed by atoms with Crippen molar-refractivity contribution < 1.29 is 22.6 Å². The molecule has 10 heteroatoms. The number of nitrogens with zero attached hydrogens (tertiary/aromatic N) is 2. The molecule has 0 amide bonds. The summed E-state index contributed by atoms with van der Waals surface area (Å²) in [4.78, 5) is 9.17. The lowest BCUT2D eigenvalue weighted by Crippen LogP contribution is -2.44. The van der Waals surface area contributed by atoms with E-state index in [0.29, 0.717) is 12.6 Å². The van der Waals surface area contributed by atoms with Crippen LogP contribution in [0.3, 0.4) is 0 Å². The highest BCUT2D eigenvalue weighted by molar-refractivity contribution is 7.89. The number of hydrogen-bond acceptors (Lipinski definition) is 8. The number of fused-ring (bicyclic) bond motifs is 1. The highest BCUT2D eigenvalue weighted by Crippen LogP contribution is 2.30. The van der Waals surface area contributed by atoms with E-state index < -0.39 is 22.2 Å². The lowest BCUT2D eigenvalue weighted by molar-refractivity contribution is 0.0690. The fourth-order valence-corrected chi connectivity index (χ4v) is 5.46. The first-order valence-electron chi connectivity index (χ1n) is 11.0. The van der Waals surface area contributed by atoms with Gasteiger partial charge in [0.25, 0.3) is 0 Å². The van der Waals surface area contributed by atoms with E-state index in [0.717, 1.165) is 22.6 Å². The van der Waals surface area contributed by atoms with Crippen molar-refractivity contribution in [2.75, 3.05) is 25.6 Å². The highest BCUT2D eigenvalue weighted by Gasteiger charge is 2.49. The number of aromatic nitrogens is 2. The monoisotopic (exact) mass is 482 g/mol. The molecule has 2 aliphatic rings. The number of methoxy groups -OCH3 is 1. The number of nitrogens with one attached hydrogen (secondary N) is 2. The zero-order valence-electron chi connectivity index (χ0n) is 18.8. The fraction of sp³-hybridized carbons (Fsp3) is 0.333. The summed E-state index contributed by atoms with van der Waals surface area (Å²) in [5.74, 6) is 1.23. The van der Waals surface area contributed by atoms with Crippen LogP contribution in [0, 0.1) is 6.92 Å². The Bertz CT molecular complexity index is 1250. The predicted molar refractivity (Wildman–Crippen MR) is 126 cm³/mol. The highest BCUT2D eigenvalue weighted by atomic mass is 32.2. The second-order valence-electron chi connectivity index (χ2n) is 8.38. The molecule has 0 aliphatic carbocycles. The number of sulfonamides is 1. The van der Waals surface area contributed by atoms with Gasteiger partial charge in [-0.3, -0.25) is 0 Å². The molecule has 0 unspecified atom stereocenters. The van der Waals surface area contributed by atoms with Gasteiger partial charge in [0, 0.05) is 11.8 Å². The van der Waals surface area contributed by atoms with E-state index in [2.05, 4.69) is 20.0 Å². The third kappa shape index (κ3) is 4.62. The molecule has 34 heavy (non-hydrogen) atoms. The Morgan fingerprint density at radius 3 is 2.32 bits per heavy atom. The molecule has 5 rings (SSSR count). The summed E-state index contributed by atoms with van der Waals surface area (Å²) in [6.45, 7) is 2.49. The third-order valence-corrected chi connectivity index (χ3v) is 7.55. The van der Waals surface area contributed by atoms with Crippen LogP contribution >= 0.6 is 0 Å². The SMILES string of the molecule is COc1ccc(-c2ccnc(N[C@H]3CO[C@H]4[C@H]3OC[C@H]4NS(=O)(=O)c3ccc(C)cc3)n2)cc1. The number of rotatable bonds is 7. The fourth-order valence-electron chi connectivity index (χ4n) is 4.23. The number of anilines is 1. The van der Waals surface area contributed by atoms with Gasteiger partial charge in [0.15, 0.2) is 0 Å². The molecule has 0 spiro atoms. The molecule has 2 N–H and O–H groups in total. The second kappa shape index (κ2) is 9.30. The first-order chi connectivity index (χ1) is 16.4. The van der Waals surface area contributed by atoms with E-state index in [1.54, 1.807) is 37.6 Å². The largest absolute Gasteiger partial charge is 0.497 e. The summed E-state index contributed by atoms with van der Waals surface area (Å²) >= 11 is 0. The zero-order chi connectivity index (χ0) is 23.7. The first kappa shape index (κ1) is 22.7. The van der Waals surface area contributed by atoms with Crippen LogP contribution < -0.4 is 14.8 Å². The summed E-state index contributed by atoms with van der Waals surface area (Å²) in [5, 5.41) is 3.29. The van der Waals surface area contributed by atoms with Crippen LogP contribution in [0.25, 0.3) is 11.3 Å². The van der Waals surface area contributed by atoms with Gasteiger partial charge in [-0.05, 0) is 49.4 Å². The van der Waals surface area contributed by atoms with E-state index in [9.17, 15) is 8.42 Å². The Balaban J connectivity index is 1.25. The Labute approximate surface area is 198 Å². The van der Waals surface area contributed by atoms with E-state index in [1.165, 1.54) is 0 Å². The first-order valence-corrected chi connectivity index (χ1v) is 12.5. The standard InChI is InChI=1S/C24H26N4O5S/c1-15-3-9-18(10-4-15)34(29,30)28-21-14-33-22-20(13-32-23(21)22)27-24-25-12-11-19(26-24)16-5-7-17(31-2)8-6-16/h3-12,20-23,28H,13-14H2,1-2H3,(H,25,26,27)/t20-,21+,22-,23+/m0/s1. The molecule has 2 saturated heterocycles. The van der Waals surface area contributed by atoms with E-state index in [1.807, 2.05) is 37.3 Å². The third-order valence-electron chi connectivity index (χ3n) is 6.05. The van der Waals surface area contributed by atoms with Gasteiger partial charge >= 0.3 is 0 Å². The molecular weight excluding hydrogens is 456 g/mol. The van der Waals surface area contributed by atoms with Crippen molar-refractivity contribution in [3.05, 3.63) is 66.4 Å². The molecular formula is C24H26N4O5S. The Morgan fingerprint density at radius 2 is 1.62 bits per heavy atom. The summed E-state index contributed by atoms with van der Waals surface area (Å²) < 4.78 is 45.4. The summed E-state index contributed by atoms with van der Waals surface area (Å²) in [5.41, 5.74) is 2.70. The lowest BCUT2D eigenvalue weighted by Gasteiger charge is -2.18. The van der Waals surface area contributed by atoms with Crippen molar-refractivity contribution in [1.82, 2.24) is 14.7 Å². The lowest BCUT2D eigenvalue weighted by atomic mass is 10.1. The molecule has 3 heterocycles. The van der Waals surface area contributed by atoms with Crippen LogP contribution in [0.15, 0.2) is 65.7 Å². The minimum atomic E-state index is -3.68. The van der Waals surface area contributed by atoms with Gasteiger partial charge in [-0.25, -0.2) is 23.1 Å². The number of ether oxygens (including phenoxy) is 3. The number of hydrogen-bond donors (Lipinski definition) is 2. The maximum Gasteiger partial charge on any atom is 0.240 e. The molecule has 1 aromatic heterocycles. The van der Waals surface area contributed by atoms with Crippen molar-refractivity contribution in [2.24, 2.45) is 0 Å². The summed E-state index contributed by atoms with van der Waals surface area (Å²) in [7, 11) is -2.05. The predicted octanol–water partition coefficient (Wildman–Crippen LogP) is 2.39. The van der Waals surface area contributed by atoms with Gasteiger partial charge in [0.1, 0.15) is 18.0 Å². The van der Waals surface area contributed by atoms with Gasteiger partial charge in [-0.15, -0.1) is 0 Å². The van der Waals surface area contributed by atoms with Crippen molar-refractivity contribution in [3.63, 3.8) is 0 Å². The van der Waals surface area contributed by atoms with Crippen molar-refractivity contribution in [3.8, 4) is 17.0 Å². The maximum atomic E-state index is 12.8. The Hall–Kier alpha value is -3.05. The molecule has 178 valence electrons. The normalized spacial score (nSPS) is 24.1. The zero-order valence-corrected chi connectivity index (χ0v) is 19.7. The second-order valence-corrected chi connectivity index (χ2v) is 10.1. The minimum Gasteiger partial charge on any atom is -0.497 e. The van der Waals surface area contributed by atoms with Gasteiger partial charge in [0.05, 0.1) is 43.0 Å². The van der Waals surface area contributed by atoms with Crippen LogP contribution in [-0.2, 0) is 19.5 Å². The van der Waals surface area contributed by atoms with Crippen LogP contribution in [0.1, 0.15) is 5.56 Å². The summed E-state index contributed by atoms with van der Waals surface area (Å²) in [6.07, 6.45) is 0.970. The van der Waals surface area contributed by atoms with Crippen LogP contribution in [0.5, 0.6) is 5.75 Å². The average Bonchev–Trinajstić information content (AvgIpc) is 3.43. The number of benzene rings is 2. The average molecular weight is 483 g/mol. The molecule has 0 radical (unpaired) electrons. The summed E-state index contributed by atoms with van der Waals surface area (Å²) in [6, 6.07) is 15.5. The molecule has 2 aromatic carbocycles. The molecule has 0 saturated carbocycles. The molecule has 9 nitrogen and oxygen atoms in total. The van der Waals surface area contributed by atoms with Gasteiger partial charge in [-0.1, -0.05) is 17.7 Å². The van der Waals surface area contributed by atoms with Gasteiger partial charge in [-0.2, -0.15) is 0 Å². The van der Waals surface area contributed by atoms with E-state index in [-0.39, 0.29) is 23.6 Å². The van der Waals surface area contributed by atoms with Gasteiger partial charge < -0.3 is 19.5 Å². The number of aryl methyl sites for hydroxylation is 1. The van der Waals surface area contributed by atoms with Gasteiger partial charge in [0.2, 0.25) is 16.0 Å². The maximum absolute atomic E-state index is 12.8. The quantitative estimate of drug-likeness (QED) is 0.528. The molecule has 0 bridgehead atoms. The Morgan fingerprint density at radius 1 is 0.941 bits per heavy atom. The van der Waals surface area contributed by atoms with Crippen LogP contribution in [0.2, 0.25) is 0 Å². The van der Waals surface area contributed by atoms with E-state index in [4.69, 9.17) is 14.2 Å². The molecule has 2 aliphatic heterocycles. The molecule has 3 aromatic rings. The van der Waals surface area contributed by atoms with Crippen molar-refractivity contribution in [1.29, 1.82) is 0 Å². The molecule has 4 atom stereocenters. The minimum absolute atomic E-state index is 0.204. The van der Waals surface area contributed by atoms with Crippen molar-refractivity contribution in [2.45, 2.75) is 36.1 Å². The van der Waals surface area contributed by atoms with E-state index >= 15 is 0 Å².